The molecule has 2 rings (SSSR count). The van der Waals surface area contributed by atoms with Crippen LogP contribution < -0.4 is 10.5 Å². The molecular weight excluding hydrogens is 290 g/mol. The summed E-state index contributed by atoms with van der Waals surface area (Å²) in [6, 6.07) is 1.59. The molecule has 0 saturated carbocycles. The van der Waals surface area contributed by atoms with Gasteiger partial charge in [0.1, 0.15) is 0 Å². The molecule has 0 amide bonds. The Balaban J connectivity index is 2.17. The zero-order valence-corrected chi connectivity index (χ0v) is 13.3. The number of nitrogens with one attached hydrogen (secondary N) is 1. The van der Waals surface area contributed by atoms with E-state index in [1.54, 1.807) is 28.6 Å². The fourth-order valence-electron chi connectivity index (χ4n) is 2.21. The van der Waals surface area contributed by atoms with Gasteiger partial charge in [-0.15, -0.1) is 0 Å². The van der Waals surface area contributed by atoms with E-state index >= 15 is 0 Å². The molecule has 2 aromatic heterocycles. The van der Waals surface area contributed by atoms with Gasteiger partial charge in [0.05, 0.1) is 10.6 Å². The van der Waals surface area contributed by atoms with E-state index in [1.165, 1.54) is 0 Å². The number of nitrogens with zero attached hydrogens (tertiary/aromatic N) is 3. The minimum absolute atomic E-state index is 0.228. The Kier molecular flexibility index (Phi) is 4.50. The SMILES string of the molecule is CCc1nn(C)cc1CNS(=O)(=O)c1cc(CN)n(C)c1. The van der Waals surface area contributed by atoms with Crippen LogP contribution in [0, 0.1) is 0 Å². The van der Waals surface area contributed by atoms with Crippen LogP contribution in [0.25, 0.3) is 0 Å². The fraction of sp³-hybridized carbons (Fsp3) is 0.462. The standard InChI is InChI=1S/C13H21N5O2S/c1-4-13-10(8-18(3)16-13)7-15-21(19,20)12-5-11(6-14)17(2)9-12/h5,8-9,15H,4,6-7,14H2,1-3H3. The predicted molar refractivity (Wildman–Crippen MR) is 79.9 cm³/mol. The third kappa shape index (κ3) is 3.34. The summed E-state index contributed by atoms with van der Waals surface area (Å²) in [5.74, 6) is 0. The molecule has 3 N–H and O–H groups in total. The van der Waals surface area contributed by atoms with E-state index in [-0.39, 0.29) is 11.4 Å². The first-order valence-electron chi connectivity index (χ1n) is 6.73. The van der Waals surface area contributed by atoms with Crippen LogP contribution in [-0.4, -0.2) is 22.8 Å². The van der Waals surface area contributed by atoms with Gasteiger partial charge < -0.3 is 10.3 Å². The third-order valence-electron chi connectivity index (χ3n) is 3.38. The summed E-state index contributed by atoms with van der Waals surface area (Å²) in [6.45, 7) is 2.52. The van der Waals surface area contributed by atoms with Gasteiger partial charge in [0.25, 0.3) is 0 Å². The Labute approximate surface area is 124 Å². The smallest absolute Gasteiger partial charge is 0.242 e. The van der Waals surface area contributed by atoms with Crippen LogP contribution in [-0.2, 0) is 43.6 Å². The van der Waals surface area contributed by atoms with Crippen molar-refractivity contribution in [3.8, 4) is 0 Å². The zero-order valence-electron chi connectivity index (χ0n) is 12.5. The summed E-state index contributed by atoms with van der Waals surface area (Å²) in [6.07, 6.45) is 4.16. The number of sulfonamides is 1. The van der Waals surface area contributed by atoms with Crippen LogP contribution in [0.1, 0.15) is 23.9 Å². The first kappa shape index (κ1) is 15.7. The molecule has 0 spiro atoms. The summed E-state index contributed by atoms with van der Waals surface area (Å²) in [5.41, 5.74) is 8.12. The third-order valence-corrected chi connectivity index (χ3v) is 4.75. The van der Waals surface area contributed by atoms with Gasteiger partial charge in [0, 0.05) is 50.8 Å². The molecule has 2 heterocycles. The van der Waals surface area contributed by atoms with Gasteiger partial charge in [-0.05, 0) is 12.5 Å². The van der Waals surface area contributed by atoms with Crippen molar-refractivity contribution < 1.29 is 8.42 Å². The van der Waals surface area contributed by atoms with Gasteiger partial charge in [-0.3, -0.25) is 4.68 Å². The molecule has 0 bridgehead atoms. The van der Waals surface area contributed by atoms with E-state index in [9.17, 15) is 8.42 Å². The molecule has 2 aromatic rings. The van der Waals surface area contributed by atoms with Crippen molar-refractivity contribution in [1.29, 1.82) is 0 Å². The highest BCUT2D eigenvalue weighted by Crippen LogP contribution is 2.14. The largest absolute Gasteiger partial charge is 0.352 e. The molecule has 0 radical (unpaired) electrons. The Morgan fingerprint density at radius 1 is 1.33 bits per heavy atom. The molecular formula is C13H21N5O2S. The van der Waals surface area contributed by atoms with Crippen LogP contribution in [0.4, 0.5) is 0 Å². The number of hydrogen-bond donors (Lipinski definition) is 2. The Hall–Kier alpha value is -1.64. The Bertz CT molecular complexity index is 730. The van der Waals surface area contributed by atoms with Crippen molar-refractivity contribution in [2.45, 2.75) is 31.3 Å². The molecule has 0 atom stereocenters. The maximum Gasteiger partial charge on any atom is 0.242 e. The normalized spacial score (nSPS) is 12.0. The number of hydrogen-bond acceptors (Lipinski definition) is 4. The summed E-state index contributed by atoms with van der Waals surface area (Å²) in [5, 5.41) is 4.30. The van der Waals surface area contributed by atoms with Crippen molar-refractivity contribution in [1.82, 2.24) is 19.1 Å². The summed E-state index contributed by atoms with van der Waals surface area (Å²) in [7, 11) is 0.0472. The van der Waals surface area contributed by atoms with Gasteiger partial charge in [0.15, 0.2) is 0 Å². The minimum atomic E-state index is -3.55. The zero-order chi connectivity index (χ0) is 15.6. The highest BCUT2D eigenvalue weighted by atomic mass is 32.2. The predicted octanol–water partition coefficient (Wildman–Crippen LogP) is 0.258. The Morgan fingerprint density at radius 3 is 2.62 bits per heavy atom. The second kappa shape index (κ2) is 6.00. The molecule has 0 fully saturated rings. The van der Waals surface area contributed by atoms with Crippen LogP contribution in [0.5, 0.6) is 0 Å². The van der Waals surface area contributed by atoms with Crippen molar-refractivity contribution in [2.24, 2.45) is 19.8 Å². The van der Waals surface area contributed by atoms with Crippen molar-refractivity contribution in [3.63, 3.8) is 0 Å². The van der Waals surface area contributed by atoms with Crippen molar-refractivity contribution >= 4 is 10.0 Å². The van der Waals surface area contributed by atoms with E-state index < -0.39 is 10.0 Å². The molecule has 21 heavy (non-hydrogen) atoms. The monoisotopic (exact) mass is 311 g/mol. The molecule has 0 aliphatic rings. The average Bonchev–Trinajstić information content (AvgIpc) is 2.99. The lowest BCUT2D eigenvalue weighted by atomic mass is 10.2. The maximum atomic E-state index is 12.3. The number of aryl methyl sites for hydroxylation is 3. The van der Waals surface area contributed by atoms with Crippen LogP contribution in [0.2, 0.25) is 0 Å². The molecule has 8 heteroatoms. The highest BCUT2D eigenvalue weighted by molar-refractivity contribution is 7.89. The van der Waals surface area contributed by atoms with Crippen LogP contribution in [0.15, 0.2) is 23.4 Å². The fourth-order valence-corrected chi connectivity index (χ4v) is 3.31. The molecule has 7 nitrogen and oxygen atoms in total. The minimum Gasteiger partial charge on any atom is -0.352 e. The first-order chi connectivity index (χ1) is 9.87. The van der Waals surface area contributed by atoms with Gasteiger partial charge >= 0.3 is 0 Å². The summed E-state index contributed by atoms with van der Waals surface area (Å²) in [4.78, 5) is 0.229. The van der Waals surface area contributed by atoms with E-state index in [1.807, 2.05) is 20.2 Å². The van der Waals surface area contributed by atoms with Crippen LogP contribution in [0.3, 0.4) is 0 Å². The van der Waals surface area contributed by atoms with Crippen LogP contribution >= 0.6 is 0 Å². The van der Waals surface area contributed by atoms with Gasteiger partial charge in [-0.25, -0.2) is 13.1 Å². The van der Waals surface area contributed by atoms with Gasteiger partial charge in [-0.1, -0.05) is 6.92 Å². The molecule has 0 aliphatic carbocycles. The molecule has 116 valence electrons. The molecule has 0 unspecified atom stereocenters. The molecule has 0 aromatic carbocycles. The lowest BCUT2D eigenvalue weighted by Gasteiger charge is -2.04. The van der Waals surface area contributed by atoms with Crippen molar-refractivity contribution in [3.05, 3.63) is 35.4 Å². The summed E-state index contributed by atoms with van der Waals surface area (Å²) < 4.78 is 30.6. The molecule has 0 saturated heterocycles. The van der Waals surface area contributed by atoms with E-state index in [0.29, 0.717) is 6.54 Å². The van der Waals surface area contributed by atoms with E-state index in [2.05, 4.69) is 9.82 Å². The lowest BCUT2D eigenvalue weighted by molar-refractivity contribution is 0.581. The number of rotatable bonds is 6. The van der Waals surface area contributed by atoms with Crippen molar-refractivity contribution in [2.75, 3.05) is 0 Å². The average molecular weight is 311 g/mol. The van der Waals surface area contributed by atoms with Gasteiger partial charge in [0.2, 0.25) is 10.0 Å². The maximum absolute atomic E-state index is 12.3. The topological polar surface area (TPSA) is 94.9 Å². The lowest BCUT2D eigenvalue weighted by Crippen LogP contribution is -2.23. The molecule has 0 aliphatic heterocycles. The quantitative estimate of drug-likeness (QED) is 0.800. The Morgan fingerprint density at radius 2 is 2.05 bits per heavy atom. The number of aromatic nitrogens is 3. The highest BCUT2D eigenvalue weighted by Gasteiger charge is 2.18. The first-order valence-corrected chi connectivity index (χ1v) is 8.22. The van der Waals surface area contributed by atoms with E-state index in [0.717, 1.165) is 23.4 Å². The second-order valence-electron chi connectivity index (χ2n) is 4.93. The van der Waals surface area contributed by atoms with E-state index in [4.69, 9.17) is 5.73 Å². The number of nitrogens with two attached hydrogens (primary N) is 1. The summed E-state index contributed by atoms with van der Waals surface area (Å²) >= 11 is 0. The second-order valence-corrected chi connectivity index (χ2v) is 6.70. The van der Waals surface area contributed by atoms with Gasteiger partial charge in [-0.2, -0.15) is 5.10 Å².